The highest BCUT2D eigenvalue weighted by molar-refractivity contribution is 7.99. The van der Waals surface area contributed by atoms with Gasteiger partial charge in [-0.15, -0.1) is 11.8 Å². The molecule has 3 rings (SSSR count). The van der Waals surface area contributed by atoms with Crippen molar-refractivity contribution in [1.82, 2.24) is 9.80 Å². The van der Waals surface area contributed by atoms with Crippen LogP contribution < -0.4 is 0 Å². The fourth-order valence-electron chi connectivity index (χ4n) is 3.40. The van der Waals surface area contributed by atoms with Gasteiger partial charge in [0.25, 0.3) is 5.91 Å². The Kier molecular flexibility index (Phi) is 6.19. The van der Waals surface area contributed by atoms with Crippen molar-refractivity contribution in [3.63, 3.8) is 0 Å². The van der Waals surface area contributed by atoms with E-state index in [9.17, 15) is 14.4 Å². The van der Waals surface area contributed by atoms with Crippen LogP contribution in [0.2, 0.25) is 0 Å². The number of carbonyl (C=O) groups is 3. The van der Waals surface area contributed by atoms with Crippen molar-refractivity contribution in [2.45, 2.75) is 25.8 Å². The summed E-state index contributed by atoms with van der Waals surface area (Å²) >= 11 is 1.60. The van der Waals surface area contributed by atoms with Crippen LogP contribution in [-0.4, -0.2) is 65.0 Å². The Balaban J connectivity index is 1.61. The first-order chi connectivity index (χ1) is 12.6. The maximum atomic E-state index is 13.0. The second-order valence-corrected chi connectivity index (χ2v) is 7.51. The lowest BCUT2D eigenvalue weighted by Crippen LogP contribution is -2.51. The van der Waals surface area contributed by atoms with Crippen LogP contribution >= 0.6 is 11.8 Å². The van der Waals surface area contributed by atoms with E-state index in [1.165, 1.54) is 0 Å². The quantitative estimate of drug-likeness (QED) is 0.752. The van der Waals surface area contributed by atoms with E-state index in [0.717, 1.165) is 0 Å². The molecule has 0 bridgehead atoms. The monoisotopic (exact) mass is 376 g/mol. The molecule has 2 aliphatic rings. The lowest BCUT2D eigenvalue weighted by Gasteiger charge is -2.34. The molecule has 0 aliphatic carbocycles. The number of esters is 1. The molecule has 2 fully saturated rings. The second kappa shape index (κ2) is 8.58. The van der Waals surface area contributed by atoms with Gasteiger partial charge in [0.05, 0.1) is 18.4 Å². The summed E-state index contributed by atoms with van der Waals surface area (Å²) in [6.07, 6.45) is 1.24. The summed E-state index contributed by atoms with van der Waals surface area (Å²) in [5.74, 6) is 0.742. The van der Waals surface area contributed by atoms with Crippen molar-refractivity contribution in [2.24, 2.45) is 5.92 Å². The first-order valence-corrected chi connectivity index (χ1v) is 10.2. The van der Waals surface area contributed by atoms with Crippen LogP contribution in [0.3, 0.4) is 0 Å². The zero-order valence-electron chi connectivity index (χ0n) is 14.9. The molecule has 2 saturated heterocycles. The smallest absolute Gasteiger partial charge is 0.309 e. The van der Waals surface area contributed by atoms with Gasteiger partial charge in [-0.05, 0) is 31.9 Å². The molecule has 1 unspecified atom stereocenters. The van der Waals surface area contributed by atoms with Crippen LogP contribution in [0.15, 0.2) is 30.3 Å². The van der Waals surface area contributed by atoms with E-state index in [4.69, 9.17) is 4.74 Å². The number of carbonyl (C=O) groups excluding carboxylic acids is 3. The first-order valence-electron chi connectivity index (χ1n) is 9.01. The van der Waals surface area contributed by atoms with E-state index < -0.39 is 6.04 Å². The van der Waals surface area contributed by atoms with E-state index in [-0.39, 0.29) is 23.7 Å². The van der Waals surface area contributed by atoms with Gasteiger partial charge in [-0.2, -0.15) is 0 Å². The molecule has 0 N–H and O–H groups in total. The second-order valence-electron chi connectivity index (χ2n) is 6.51. The van der Waals surface area contributed by atoms with E-state index in [1.54, 1.807) is 40.6 Å². The molecular formula is C19H24N2O4S. The number of benzene rings is 1. The molecule has 6 nitrogen and oxygen atoms in total. The first kappa shape index (κ1) is 18.8. The number of ether oxygens (including phenoxy) is 1. The summed E-state index contributed by atoms with van der Waals surface area (Å²) in [4.78, 5) is 41.0. The molecule has 140 valence electrons. The predicted molar refractivity (Wildman–Crippen MR) is 99.7 cm³/mol. The van der Waals surface area contributed by atoms with Crippen molar-refractivity contribution >= 4 is 29.5 Å². The minimum atomic E-state index is -0.424. The van der Waals surface area contributed by atoms with E-state index >= 15 is 0 Å². The molecule has 0 aromatic heterocycles. The Morgan fingerprint density at radius 2 is 1.85 bits per heavy atom. The molecule has 0 saturated carbocycles. The SMILES string of the molecule is CCOC(=O)C1CCN(C(=O)C2CSCN2C(=O)c2ccccc2)CC1. The fourth-order valence-corrected chi connectivity index (χ4v) is 4.55. The van der Waals surface area contributed by atoms with Crippen LogP contribution in [0.1, 0.15) is 30.1 Å². The Morgan fingerprint density at radius 3 is 2.50 bits per heavy atom. The molecular weight excluding hydrogens is 352 g/mol. The van der Waals surface area contributed by atoms with Crippen LogP contribution in [0.4, 0.5) is 0 Å². The molecule has 2 heterocycles. The van der Waals surface area contributed by atoms with Gasteiger partial charge in [0.15, 0.2) is 0 Å². The molecule has 2 amide bonds. The number of hydrogen-bond acceptors (Lipinski definition) is 5. The highest BCUT2D eigenvalue weighted by atomic mass is 32.2. The third kappa shape index (κ3) is 4.03. The number of hydrogen-bond donors (Lipinski definition) is 0. The minimum absolute atomic E-state index is 0.0124. The summed E-state index contributed by atoms with van der Waals surface area (Å²) in [6.45, 7) is 3.26. The number of piperidine rings is 1. The van der Waals surface area contributed by atoms with Gasteiger partial charge in [0, 0.05) is 24.4 Å². The van der Waals surface area contributed by atoms with Crippen molar-refractivity contribution in [3.8, 4) is 0 Å². The summed E-state index contributed by atoms with van der Waals surface area (Å²) in [7, 11) is 0. The molecule has 1 aromatic rings. The predicted octanol–water partition coefficient (Wildman–Crippen LogP) is 2.00. The summed E-state index contributed by atoms with van der Waals surface area (Å²) in [5, 5.41) is 0. The molecule has 1 atom stereocenters. The van der Waals surface area contributed by atoms with Gasteiger partial charge >= 0.3 is 5.97 Å². The molecule has 7 heteroatoms. The Morgan fingerprint density at radius 1 is 1.15 bits per heavy atom. The number of amides is 2. The average Bonchev–Trinajstić information content (AvgIpc) is 3.17. The minimum Gasteiger partial charge on any atom is -0.466 e. The van der Waals surface area contributed by atoms with Crippen molar-refractivity contribution in [3.05, 3.63) is 35.9 Å². The van der Waals surface area contributed by atoms with Gasteiger partial charge in [0.2, 0.25) is 5.91 Å². The van der Waals surface area contributed by atoms with Crippen molar-refractivity contribution in [2.75, 3.05) is 31.3 Å². The van der Waals surface area contributed by atoms with Crippen LogP contribution in [0.25, 0.3) is 0 Å². The van der Waals surface area contributed by atoms with E-state index in [0.29, 0.717) is 49.7 Å². The largest absolute Gasteiger partial charge is 0.466 e. The maximum Gasteiger partial charge on any atom is 0.309 e. The molecule has 0 spiro atoms. The van der Waals surface area contributed by atoms with Crippen molar-refractivity contribution in [1.29, 1.82) is 0 Å². The van der Waals surface area contributed by atoms with Gasteiger partial charge in [-0.1, -0.05) is 18.2 Å². The maximum absolute atomic E-state index is 13.0. The number of likely N-dealkylation sites (tertiary alicyclic amines) is 1. The Bertz CT molecular complexity index is 659. The number of thioether (sulfide) groups is 1. The van der Waals surface area contributed by atoms with Crippen LogP contribution in [0.5, 0.6) is 0 Å². The zero-order chi connectivity index (χ0) is 18.5. The topological polar surface area (TPSA) is 66.9 Å². The normalized spacial score (nSPS) is 20.9. The zero-order valence-corrected chi connectivity index (χ0v) is 15.7. The van der Waals surface area contributed by atoms with Crippen LogP contribution in [0, 0.1) is 5.92 Å². The molecule has 1 aromatic carbocycles. The van der Waals surface area contributed by atoms with E-state index in [2.05, 4.69) is 0 Å². The summed E-state index contributed by atoms with van der Waals surface area (Å²) in [5.41, 5.74) is 0.605. The lowest BCUT2D eigenvalue weighted by molar-refractivity contribution is -0.151. The Labute approximate surface area is 157 Å². The van der Waals surface area contributed by atoms with E-state index in [1.807, 2.05) is 18.2 Å². The number of nitrogens with zero attached hydrogens (tertiary/aromatic N) is 2. The van der Waals surface area contributed by atoms with Gasteiger partial charge < -0.3 is 14.5 Å². The van der Waals surface area contributed by atoms with Gasteiger partial charge in [-0.25, -0.2) is 0 Å². The average molecular weight is 376 g/mol. The van der Waals surface area contributed by atoms with Crippen LogP contribution in [-0.2, 0) is 14.3 Å². The molecule has 2 aliphatic heterocycles. The van der Waals surface area contributed by atoms with Crippen molar-refractivity contribution < 1.29 is 19.1 Å². The Hall–Kier alpha value is -2.02. The third-order valence-corrected chi connectivity index (χ3v) is 5.89. The highest BCUT2D eigenvalue weighted by Gasteiger charge is 2.39. The number of rotatable bonds is 4. The molecule has 0 radical (unpaired) electrons. The molecule has 26 heavy (non-hydrogen) atoms. The summed E-state index contributed by atoms with van der Waals surface area (Å²) in [6, 6.07) is 8.65. The van der Waals surface area contributed by atoms with Gasteiger partial charge in [0.1, 0.15) is 6.04 Å². The van der Waals surface area contributed by atoms with Gasteiger partial charge in [-0.3, -0.25) is 14.4 Å². The summed E-state index contributed by atoms with van der Waals surface area (Å²) < 4.78 is 5.08. The standard InChI is InChI=1S/C19H24N2O4S/c1-2-25-19(24)15-8-10-20(11-9-15)18(23)16-12-26-13-21(16)17(22)14-6-4-3-5-7-14/h3-7,15-16H,2,8-13H2,1H3. The lowest BCUT2D eigenvalue weighted by atomic mass is 9.96. The highest BCUT2D eigenvalue weighted by Crippen LogP contribution is 2.27. The fraction of sp³-hybridized carbons (Fsp3) is 0.526. The third-order valence-electron chi connectivity index (χ3n) is 4.88.